The van der Waals surface area contributed by atoms with Crippen molar-refractivity contribution in [2.45, 2.75) is 38.4 Å². The van der Waals surface area contributed by atoms with Crippen molar-refractivity contribution >= 4 is 0 Å². The number of nitrogens with zero attached hydrogens (tertiary/aromatic N) is 2. The van der Waals surface area contributed by atoms with Crippen LogP contribution in [0.3, 0.4) is 0 Å². The molecule has 0 saturated carbocycles. The molecule has 0 bridgehead atoms. The van der Waals surface area contributed by atoms with Crippen LogP contribution >= 0.6 is 0 Å². The van der Waals surface area contributed by atoms with Gasteiger partial charge in [0, 0.05) is 13.0 Å². The summed E-state index contributed by atoms with van der Waals surface area (Å²) in [5, 5.41) is 12.9. The molecule has 2 heterocycles. The third-order valence-electron chi connectivity index (χ3n) is 2.28. The lowest BCUT2D eigenvalue weighted by Gasteiger charge is -2.03. The Hall–Kier alpha value is -0.940. The zero-order chi connectivity index (χ0) is 9.97. The summed E-state index contributed by atoms with van der Waals surface area (Å²) in [5.74, 6) is 0.894. The Labute approximate surface area is 82.1 Å². The molecule has 1 N–H and O–H groups in total. The van der Waals surface area contributed by atoms with Gasteiger partial charge in [-0.15, -0.1) is 0 Å². The van der Waals surface area contributed by atoms with E-state index in [1.807, 2.05) is 0 Å². The maximum Gasteiger partial charge on any atom is 0.255 e. The lowest BCUT2D eigenvalue weighted by atomic mass is 10.2. The quantitative estimate of drug-likeness (QED) is 0.779. The van der Waals surface area contributed by atoms with E-state index in [2.05, 4.69) is 10.1 Å². The normalized spacial score (nSPS) is 24.0. The fourth-order valence-corrected chi connectivity index (χ4v) is 1.53. The molecule has 0 aromatic carbocycles. The Morgan fingerprint density at radius 3 is 3.07 bits per heavy atom. The molecular weight excluding hydrogens is 184 g/mol. The summed E-state index contributed by atoms with van der Waals surface area (Å²) in [5.41, 5.74) is 0. The number of aromatic nitrogens is 2. The average Bonchev–Trinajstić information content (AvgIpc) is 2.75. The Bertz CT molecular complexity index is 292. The second-order valence-corrected chi connectivity index (χ2v) is 3.56. The summed E-state index contributed by atoms with van der Waals surface area (Å²) in [7, 11) is 0. The molecule has 14 heavy (non-hydrogen) atoms. The molecule has 1 fully saturated rings. The number of hydrogen-bond donors (Lipinski definition) is 1. The molecule has 1 unspecified atom stereocenters. The molecule has 2 rings (SSSR count). The molecule has 0 amide bonds. The number of hydrogen-bond acceptors (Lipinski definition) is 5. The van der Waals surface area contributed by atoms with Gasteiger partial charge in [0.25, 0.3) is 5.89 Å². The fraction of sp³-hybridized carbons (Fsp3) is 0.778. The van der Waals surface area contributed by atoms with Gasteiger partial charge in [-0.2, -0.15) is 4.98 Å². The molecule has 5 heteroatoms. The summed E-state index contributed by atoms with van der Waals surface area (Å²) in [6.45, 7) is 2.43. The lowest BCUT2D eigenvalue weighted by molar-refractivity contribution is 0.109. The van der Waals surface area contributed by atoms with E-state index >= 15 is 0 Å². The number of ether oxygens (including phenoxy) is 1. The fourth-order valence-electron chi connectivity index (χ4n) is 1.53. The summed E-state index contributed by atoms with van der Waals surface area (Å²) >= 11 is 0. The predicted molar refractivity (Wildman–Crippen MR) is 47.6 cm³/mol. The molecule has 0 spiro atoms. The average molecular weight is 198 g/mol. The smallest absolute Gasteiger partial charge is 0.255 e. The van der Waals surface area contributed by atoms with Gasteiger partial charge in [0.2, 0.25) is 0 Å². The van der Waals surface area contributed by atoms with E-state index in [9.17, 15) is 5.11 Å². The van der Waals surface area contributed by atoms with Crippen LogP contribution < -0.4 is 0 Å². The van der Waals surface area contributed by atoms with Crippen molar-refractivity contribution in [3.8, 4) is 0 Å². The molecule has 5 nitrogen and oxygen atoms in total. The summed E-state index contributed by atoms with van der Waals surface area (Å²) in [6.07, 6.45) is 2.36. The molecule has 1 aromatic rings. The number of aliphatic hydroxyl groups excluding tert-OH is 1. The second kappa shape index (κ2) is 4.06. The maximum absolute atomic E-state index is 9.17. The van der Waals surface area contributed by atoms with E-state index in [-0.39, 0.29) is 12.0 Å². The zero-order valence-electron chi connectivity index (χ0n) is 8.14. The van der Waals surface area contributed by atoms with Crippen LogP contribution in [0, 0.1) is 0 Å². The first kappa shape index (κ1) is 9.61. The summed E-state index contributed by atoms with van der Waals surface area (Å²) < 4.78 is 10.3. The molecule has 78 valence electrons. The summed E-state index contributed by atoms with van der Waals surface area (Å²) in [4.78, 5) is 4.07. The molecule has 0 radical (unpaired) electrons. The minimum Gasteiger partial charge on any atom is -0.384 e. The van der Waals surface area contributed by atoms with Gasteiger partial charge < -0.3 is 14.4 Å². The van der Waals surface area contributed by atoms with Gasteiger partial charge in [0.05, 0.1) is 6.10 Å². The minimum atomic E-state index is -0.694. The molecule has 1 aliphatic heterocycles. The zero-order valence-corrected chi connectivity index (χ0v) is 8.14. The number of aliphatic hydroxyl groups is 1. The molecule has 1 saturated heterocycles. The van der Waals surface area contributed by atoms with Crippen LogP contribution in [0.4, 0.5) is 0 Å². The monoisotopic (exact) mass is 198 g/mol. The highest BCUT2D eigenvalue weighted by Crippen LogP contribution is 2.16. The van der Waals surface area contributed by atoms with Crippen molar-refractivity contribution in [2.75, 3.05) is 6.61 Å². The van der Waals surface area contributed by atoms with Crippen LogP contribution in [0.1, 0.15) is 37.6 Å². The van der Waals surface area contributed by atoms with Gasteiger partial charge in [-0.05, 0) is 19.8 Å². The van der Waals surface area contributed by atoms with Crippen LogP contribution in [0.5, 0.6) is 0 Å². The standard InChI is InChI=1S/C9H14N2O3/c1-6(12)9-10-8(11-14-9)5-7-3-2-4-13-7/h6-7,12H,2-5H2,1H3/t6-,7?/m0/s1. The summed E-state index contributed by atoms with van der Waals surface area (Å²) in [6, 6.07) is 0. The van der Waals surface area contributed by atoms with Gasteiger partial charge in [0.15, 0.2) is 5.82 Å². The molecule has 1 aromatic heterocycles. The highest BCUT2D eigenvalue weighted by atomic mass is 16.5. The van der Waals surface area contributed by atoms with Gasteiger partial charge in [0.1, 0.15) is 6.10 Å². The Morgan fingerprint density at radius 2 is 2.50 bits per heavy atom. The first-order valence-corrected chi connectivity index (χ1v) is 4.88. The highest BCUT2D eigenvalue weighted by molar-refractivity contribution is 4.91. The van der Waals surface area contributed by atoms with E-state index in [4.69, 9.17) is 9.26 Å². The molecule has 1 aliphatic rings. The topological polar surface area (TPSA) is 68.4 Å². The van der Waals surface area contributed by atoms with Gasteiger partial charge in [-0.25, -0.2) is 0 Å². The van der Waals surface area contributed by atoms with E-state index in [1.165, 1.54) is 0 Å². The Morgan fingerprint density at radius 1 is 1.64 bits per heavy atom. The molecular formula is C9H14N2O3. The third-order valence-corrected chi connectivity index (χ3v) is 2.28. The van der Waals surface area contributed by atoms with Crippen molar-refractivity contribution < 1.29 is 14.4 Å². The molecule has 0 aliphatic carbocycles. The van der Waals surface area contributed by atoms with Gasteiger partial charge in [-0.3, -0.25) is 0 Å². The van der Waals surface area contributed by atoms with E-state index < -0.39 is 6.10 Å². The van der Waals surface area contributed by atoms with E-state index in [0.29, 0.717) is 12.2 Å². The van der Waals surface area contributed by atoms with Crippen LogP contribution in [0.15, 0.2) is 4.52 Å². The van der Waals surface area contributed by atoms with Crippen molar-refractivity contribution in [1.29, 1.82) is 0 Å². The predicted octanol–water partition coefficient (Wildman–Crippen LogP) is 0.844. The first-order chi connectivity index (χ1) is 6.75. The lowest BCUT2D eigenvalue weighted by Crippen LogP contribution is -2.10. The maximum atomic E-state index is 9.17. The van der Waals surface area contributed by atoms with Crippen LogP contribution in [0.2, 0.25) is 0 Å². The van der Waals surface area contributed by atoms with Crippen molar-refractivity contribution in [3.05, 3.63) is 11.7 Å². The number of rotatable bonds is 3. The van der Waals surface area contributed by atoms with Gasteiger partial charge in [-0.1, -0.05) is 5.16 Å². The largest absolute Gasteiger partial charge is 0.384 e. The Kier molecular flexibility index (Phi) is 2.79. The van der Waals surface area contributed by atoms with Crippen LogP contribution in [-0.2, 0) is 11.2 Å². The molecule has 2 atom stereocenters. The third kappa shape index (κ3) is 2.10. The van der Waals surface area contributed by atoms with E-state index in [1.54, 1.807) is 6.92 Å². The van der Waals surface area contributed by atoms with Crippen molar-refractivity contribution in [2.24, 2.45) is 0 Å². The van der Waals surface area contributed by atoms with Crippen LogP contribution in [0.25, 0.3) is 0 Å². The SMILES string of the molecule is C[C@H](O)c1nc(CC2CCCO2)no1. The Balaban J connectivity index is 1.95. The van der Waals surface area contributed by atoms with Crippen molar-refractivity contribution in [1.82, 2.24) is 10.1 Å². The van der Waals surface area contributed by atoms with Crippen molar-refractivity contribution in [3.63, 3.8) is 0 Å². The van der Waals surface area contributed by atoms with E-state index in [0.717, 1.165) is 19.4 Å². The second-order valence-electron chi connectivity index (χ2n) is 3.56. The van der Waals surface area contributed by atoms with Gasteiger partial charge >= 0.3 is 0 Å². The first-order valence-electron chi connectivity index (χ1n) is 4.88. The van der Waals surface area contributed by atoms with Crippen LogP contribution in [-0.4, -0.2) is 28.0 Å². The minimum absolute atomic E-state index is 0.217. The highest BCUT2D eigenvalue weighted by Gasteiger charge is 2.19.